The Bertz CT molecular complexity index is 1420. The fraction of sp³-hybridized carbons (Fsp3) is 0.200. The topological polar surface area (TPSA) is 69.3 Å². The second-order valence-electron chi connectivity index (χ2n) is 7.92. The van der Waals surface area contributed by atoms with E-state index in [0.29, 0.717) is 17.0 Å². The van der Waals surface area contributed by atoms with Crippen molar-refractivity contribution in [1.29, 1.82) is 0 Å². The Morgan fingerprint density at radius 2 is 1.85 bits per heavy atom. The molecule has 0 saturated carbocycles. The molecule has 0 radical (unpaired) electrons. The number of pyridine rings is 1. The van der Waals surface area contributed by atoms with Crippen molar-refractivity contribution in [3.8, 4) is 11.4 Å². The van der Waals surface area contributed by atoms with Crippen molar-refractivity contribution in [2.75, 3.05) is 7.11 Å². The standard InChI is InChI=1S/C25H22ClF2N3O3/c1-14-11-30(13-29-14)22-7-4-16(8-23(22)34-3)24(32)20-9-17(26)12-31(25(20)33)15(2)19-10-18(27)5-6-21(19)28/h4-13,15,24,32H,1-3H3. The van der Waals surface area contributed by atoms with Crippen LogP contribution in [0.5, 0.6) is 5.75 Å². The van der Waals surface area contributed by atoms with Crippen LogP contribution < -0.4 is 10.3 Å². The quantitative estimate of drug-likeness (QED) is 0.418. The first-order valence-corrected chi connectivity index (χ1v) is 10.8. The first kappa shape index (κ1) is 23.7. The molecule has 2 atom stereocenters. The molecule has 1 N–H and O–H groups in total. The van der Waals surface area contributed by atoms with Gasteiger partial charge in [-0.15, -0.1) is 0 Å². The summed E-state index contributed by atoms with van der Waals surface area (Å²) in [5.74, 6) is -0.816. The molecule has 2 aromatic heterocycles. The third-order valence-electron chi connectivity index (χ3n) is 5.67. The Morgan fingerprint density at radius 3 is 2.53 bits per heavy atom. The zero-order valence-corrected chi connectivity index (χ0v) is 19.4. The first-order valence-electron chi connectivity index (χ1n) is 10.4. The van der Waals surface area contributed by atoms with Gasteiger partial charge in [0.1, 0.15) is 23.5 Å². The average Bonchev–Trinajstić information content (AvgIpc) is 3.26. The number of imidazole rings is 1. The largest absolute Gasteiger partial charge is 0.495 e. The van der Waals surface area contributed by atoms with Crippen molar-refractivity contribution in [3.05, 3.63) is 111 Å². The lowest BCUT2D eigenvalue weighted by Crippen LogP contribution is -2.28. The lowest BCUT2D eigenvalue weighted by atomic mass is 10.0. The van der Waals surface area contributed by atoms with Crippen molar-refractivity contribution in [3.63, 3.8) is 0 Å². The Kier molecular flexibility index (Phi) is 6.54. The Labute approximate surface area is 199 Å². The van der Waals surface area contributed by atoms with Crippen LogP contribution in [0.25, 0.3) is 5.69 Å². The molecule has 0 bridgehead atoms. The molecule has 0 spiro atoms. The van der Waals surface area contributed by atoms with E-state index in [4.69, 9.17) is 16.3 Å². The van der Waals surface area contributed by atoms with Crippen LogP contribution in [-0.4, -0.2) is 26.3 Å². The van der Waals surface area contributed by atoms with Gasteiger partial charge in [0.2, 0.25) is 0 Å². The number of nitrogens with zero attached hydrogens (tertiary/aromatic N) is 3. The summed E-state index contributed by atoms with van der Waals surface area (Å²) in [6.45, 7) is 3.42. The molecule has 4 aromatic rings. The predicted octanol–water partition coefficient (Wildman–Crippen LogP) is 4.97. The molecular weight excluding hydrogens is 464 g/mol. The molecule has 2 aromatic carbocycles. The molecule has 0 fully saturated rings. The lowest BCUT2D eigenvalue weighted by molar-refractivity contribution is 0.217. The van der Waals surface area contributed by atoms with E-state index in [2.05, 4.69) is 4.98 Å². The van der Waals surface area contributed by atoms with Gasteiger partial charge in [-0.05, 0) is 55.8 Å². The van der Waals surface area contributed by atoms with Gasteiger partial charge in [0.05, 0.1) is 41.4 Å². The van der Waals surface area contributed by atoms with Crippen molar-refractivity contribution < 1.29 is 18.6 Å². The van der Waals surface area contributed by atoms with E-state index in [-0.39, 0.29) is 16.1 Å². The number of ether oxygens (including phenoxy) is 1. The molecule has 0 aliphatic carbocycles. The number of methoxy groups -OCH3 is 1. The summed E-state index contributed by atoms with van der Waals surface area (Å²) in [7, 11) is 1.50. The van der Waals surface area contributed by atoms with Crippen molar-refractivity contribution >= 4 is 11.6 Å². The average molecular weight is 486 g/mol. The van der Waals surface area contributed by atoms with Crippen LogP contribution in [0.1, 0.15) is 41.5 Å². The molecule has 0 aliphatic rings. The monoisotopic (exact) mass is 485 g/mol. The van der Waals surface area contributed by atoms with E-state index in [9.17, 15) is 18.7 Å². The zero-order valence-electron chi connectivity index (χ0n) is 18.7. The maximum absolute atomic E-state index is 14.3. The number of aryl methyl sites for hydroxylation is 1. The summed E-state index contributed by atoms with van der Waals surface area (Å²) in [6.07, 6.45) is 3.47. The maximum atomic E-state index is 14.3. The summed E-state index contributed by atoms with van der Waals surface area (Å²) in [6, 6.07) is 8.56. The molecule has 176 valence electrons. The van der Waals surface area contributed by atoms with Crippen molar-refractivity contribution in [2.24, 2.45) is 0 Å². The highest BCUT2D eigenvalue weighted by atomic mass is 35.5. The van der Waals surface area contributed by atoms with Gasteiger partial charge in [0.15, 0.2) is 0 Å². The Hall–Kier alpha value is -3.49. The van der Waals surface area contributed by atoms with Crippen LogP contribution in [0.2, 0.25) is 5.02 Å². The highest BCUT2D eigenvalue weighted by Crippen LogP contribution is 2.30. The van der Waals surface area contributed by atoms with Crippen molar-refractivity contribution in [1.82, 2.24) is 14.1 Å². The second kappa shape index (κ2) is 9.40. The molecule has 2 heterocycles. The van der Waals surface area contributed by atoms with E-state index in [1.807, 2.05) is 13.1 Å². The summed E-state index contributed by atoms with van der Waals surface area (Å²) < 4.78 is 36.5. The van der Waals surface area contributed by atoms with Crippen LogP contribution in [0.4, 0.5) is 8.78 Å². The van der Waals surface area contributed by atoms with Crippen molar-refractivity contribution in [2.45, 2.75) is 26.0 Å². The van der Waals surface area contributed by atoms with Gasteiger partial charge in [-0.25, -0.2) is 13.8 Å². The number of aliphatic hydroxyl groups excluding tert-OH is 1. The number of hydrogen-bond acceptors (Lipinski definition) is 4. The number of rotatable bonds is 6. The van der Waals surface area contributed by atoms with E-state index in [0.717, 1.165) is 23.9 Å². The SMILES string of the molecule is COc1cc(C(O)c2cc(Cl)cn(C(C)c3cc(F)ccc3F)c2=O)ccc1-n1cnc(C)c1. The van der Waals surface area contributed by atoms with Gasteiger partial charge in [-0.3, -0.25) is 4.79 Å². The highest BCUT2D eigenvalue weighted by molar-refractivity contribution is 6.30. The number of hydrogen-bond donors (Lipinski definition) is 1. The van der Waals surface area contributed by atoms with Gasteiger partial charge < -0.3 is 19.0 Å². The molecular formula is C25H22ClF2N3O3. The Balaban J connectivity index is 1.76. The van der Waals surface area contributed by atoms with E-state index >= 15 is 0 Å². The van der Waals surface area contributed by atoms with Gasteiger partial charge >= 0.3 is 0 Å². The van der Waals surface area contributed by atoms with Crippen LogP contribution in [0.3, 0.4) is 0 Å². The molecule has 0 aliphatic heterocycles. The summed E-state index contributed by atoms with van der Waals surface area (Å²) >= 11 is 6.25. The Morgan fingerprint density at radius 1 is 1.09 bits per heavy atom. The van der Waals surface area contributed by atoms with Crippen LogP contribution in [0, 0.1) is 18.6 Å². The summed E-state index contributed by atoms with van der Waals surface area (Å²) in [4.78, 5) is 17.5. The third-order valence-corrected chi connectivity index (χ3v) is 5.87. The minimum Gasteiger partial charge on any atom is -0.495 e. The molecule has 0 amide bonds. The molecule has 6 nitrogen and oxygen atoms in total. The molecule has 9 heteroatoms. The summed E-state index contributed by atoms with van der Waals surface area (Å²) in [5.41, 5.74) is 1.33. The van der Waals surface area contributed by atoms with E-state index < -0.39 is 29.3 Å². The number of aromatic nitrogens is 3. The molecule has 2 unspecified atom stereocenters. The predicted molar refractivity (Wildman–Crippen MR) is 125 cm³/mol. The van der Waals surface area contributed by atoms with Crippen LogP contribution in [0.15, 0.2) is 66.0 Å². The first-order chi connectivity index (χ1) is 16.2. The number of aliphatic hydroxyl groups is 1. The van der Waals surface area contributed by atoms with Crippen LogP contribution >= 0.6 is 11.6 Å². The van der Waals surface area contributed by atoms with Gasteiger partial charge in [-0.2, -0.15) is 0 Å². The highest BCUT2D eigenvalue weighted by Gasteiger charge is 2.22. The zero-order chi connectivity index (χ0) is 24.6. The van der Waals surface area contributed by atoms with E-state index in [1.54, 1.807) is 36.0 Å². The second-order valence-corrected chi connectivity index (χ2v) is 8.36. The molecule has 0 saturated heterocycles. The molecule has 4 rings (SSSR count). The third kappa shape index (κ3) is 4.47. The van der Waals surface area contributed by atoms with Gasteiger partial charge in [0.25, 0.3) is 5.56 Å². The number of benzene rings is 2. The lowest BCUT2D eigenvalue weighted by Gasteiger charge is -2.20. The number of halogens is 3. The smallest absolute Gasteiger partial charge is 0.257 e. The van der Waals surface area contributed by atoms with Gasteiger partial charge in [-0.1, -0.05) is 17.7 Å². The fourth-order valence-electron chi connectivity index (χ4n) is 3.87. The molecule has 34 heavy (non-hydrogen) atoms. The summed E-state index contributed by atoms with van der Waals surface area (Å²) in [5, 5.41) is 11.2. The minimum absolute atomic E-state index is 0.00791. The minimum atomic E-state index is -1.34. The van der Waals surface area contributed by atoms with Gasteiger partial charge in [0, 0.05) is 18.0 Å². The maximum Gasteiger partial charge on any atom is 0.257 e. The van der Waals surface area contributed by atoms with Crippen LogP contribution in [-0.2, 0) is 0 Å². The fourth-order valence-corrected chi connectivity index (χ4v) is 4.09. The normalized spacial score (nSPS) is 13.0. The van der Waals surface area contributed by atoms with E-state index in [1.165, 1.54) is 23.9 Å².